The highest BCUT2D eigenvalue weighted by Crippen LogP contribution is 2.29. The number of hydrogen-bond acceptors (Lipinski definition) is 3. The molecule has 0 aliphatic rings. The minimum Gasteiger partial charge on any atom is -0.508 e. The molecule has 2 aromatic carbocycles. The number of nitro benzene ring substituents is 1. The largest absolute Gasteiger partial charge is 0.508 e. The zero-order valence-electron chi connectivity index (χ0n) is 11.5. The number of phenolic OH excluding ortho intramolecular Hbond substituents is 1. The van der Waals surface area contributed by atoms with Gasteiger partial charge < -0.3 is 5.11 Å². The van der Waals surface area contributed by atoms with Gasteiger partial charge in [0.15, 0.2) is 0 Å². The second-order valence-corrected chi connectivity index (χ2v) is 5.25. The Kier molecular flexibility index (Phi) is 4.03. The van der Waals surface area contributed by atoms with E-state index in [2.05, 4.69) is 13.8 Å². The van der Waals surface area contributed by atoms with E-state index in [0.717, 1.165) is 23.1 Å². The predicted molar refractivity (Wildman–Crippen MR) is 78.7 cm³/mol. The van der Waals surface area contributed by atoms with Gasteiger partial charge in [-0.3, -0.25) is 10.1 Å². The molecule has 0 amide bonds. The van der Waals surface area contributed by atoms with Crippen LogP contribution in [-0.4, -0.2) is 10.0 Å². The number of rotatable bonds is 4. The van der Waals surface area contributed by atoms with Gasteiger partial charge >= 0.3 is 0 Å². The smallest absolute Gasteiger partial charge is 0.270 e. The van der Waals surface area contributed by atoms with E-state index in [0.29, 0.717) is 5.92 Å². The Bertz CT molecular complexity index is 635. The highest BCUT2D eigenvalue weighted by Gasteiger charge is 2.10. The molecular formula is C16H17NO3. The van der Waals surface area contributed by atoms with E-state index in [-0.39, 0.29) is 11.4 Å². The van der Waals surface area contributed by atoms with Crippen LogP contribution in [0.1, 0.15) is 19.4 Å². The van der Waals surface area contributed by atoms with Crippen LogP contribution >= 0.6 is 0 Å². The standard InChI is InChI=1S/C16H17NO3/c1-11(2)8-14-9-13(6-7-16(14)18)12-4-3-5-15(10-12)17(19)20/h3-7,9-11,18H,8H2,1-2H3. The van der Waals surface area contributed by atoms with Gasteiger partial charge in [0, 0.05) is 12.1 Å². The maximum absolute atomic E-state index is 10.8. The molecular weight excluding hydrogens is 254 g/mol. The molecule has 0 atom stereocenters. The molecule has 0 aliphatic carbocycles. The molecule has 0 fully saturated rings. The minimum absolute atomic E-state index is 0.0704. The van der Waals surface area contributed by atoms with Gasteiger partial charge in [-0.25, -0.2) is 0 Å². The SMILES string of the molecule is CC(C)Cc1cc(-c2cccc([N+](=O)[O-])c2)ccc1O. The number of non-ortho nitro benzene ring substituents is 1. The predicted octanol–water partition coefficient (Wildman–Crippen LogP) is 4.17. The van der Waals surface area contributed by atoms with Crippen LogP contribution < -0.4 is 0 Å². The zero-order valence-corrected chi connectivity index (χ0v) is 11.5. The number of aromatic hydroxyl groups is 1. The van der Waals surface area contributed by atoms with Gasteiger partial charge in [-0.05, 0) is 41.2 Å². The van der Waals surface area contributed by atoms with Gasteiger partial charge in [0.25, 0.3) is 5.69 Å². The minimum atomic E-state index is -0.404. The molecule has 0 radical (unpaired) electrons. The zero-order chi connectivity index (χ0) is 14.7. The summed E-state index contributed by atoms with van der Waals surface area (Å²) in [5.41, 5.74) is 2.59. The van der Waals surface area contributed by atoms with Crippen LogP contribution in [0, 0.1) is 16.0 Å². The van der Waals surface area contributed by atoms with Crippen molar-refractivity contribution in [3.05, 3.63) is 58.1 Å². The average molecular weight is 271 g/mol. The maximum atomic E-state index is 10.8. The second kappa shape index (κ2) is 5.74. The molecule has 0 saturated carbocycles. The Morgan fingerprint density at radius 3 is 2.50 bits per heavy atom. The van der Waals surface area contributed by atoms with Gasteiger partial charge in [0.1, 0.15) is 5.75 Å². The van der Waals surface area contributed by atoms with Crippen molar-refractivity contribution in [1.29, 1.82) is 0 Å². The van der Waals surface area contributed by atoms with Crippen LogP contribution in [0.5, 0.6) is 5.75 Å². The molecule has 0 aromatic heterocycles. The third kappa shape index (κ3) is 3.15. The lowest BCUT2D eigenvalue weighted by Gasteiger charge is -2.10. The van der Waals surface area contributed by atoms with Gasteiger partial charge in [0.05, 0.1) is 4.92 Å². The fourth-order valence-corrected chi connectivity index (χ4v) is 2.17. The molecule has 0 unspecified atom stereocenters. The van der Waals surface area contributed by atoms with Crippen LogP contribution in [0.15, 0.2) is 42.5 Å². The van der Waals surface area contributed by atoms with E-state index in [1.165, 1.54) is 6.07 Å². The fourth-order valence-electron chi connectivity index (χ4n) is 2.17. The van der Waals surface area contributed by atoms with Crippen LogP contribution in [0.3, 0.4) is 0 Å². The molecule has 0 aliphatic heterocycles. The van der Waals surface area contributed by atoms with E-state index in [4.69, 9.17) is 0 Å². The molecule has 0 heterocycles. The summed E-state index contributed by atoms with van der Waals surface area (Å²) < 4.78 is 0. The molecule has 0 bridgehead atoms. The van der Waals surface area contributed by atoms with Crippen LogP contribution in [0.25, 0.3) is 11.1 Å². The van der Waals surface area contributed by atoms with Crippen molar-refractivity contribution in [2.45, 2.75) is 20.3 Å². The van der Waals surface area contributed by atoms with E-state index in [9.17, 15) is 15.2 Å². The summed E-state index contributed by atoms with van der Waals surface area (Å²) in [6.45, 7) is 4.17. The van der Waals surface area contributed by atoms with E-state index >= 15 is 0 Å². The third-order valence-corrected chi connectivity index (χ3v) is 3.10. The van der Waals surface area contributed by atoms with Crippen molar-refractivity contribution in [2.24, 2.45) is 5.92 Å². The number of phenols is 1. The molecule has 0 saturated heterocycles. The van der Waals surface area contributed by atoms with Crippen molar-refractivity contribution >= 4 is 5.69 Å². The van der Waals surface area contributed by atoms with Gasteiger partial charge in [-0.2, -0.15) is 0 Å². The Morgan fingerprint density at radius 2 is 1.85 bits per heavy atom. The summed E-state index contributed by atoms with van der Waals surface area (Å²) in [5, 5.41) is 20.7. The van der Waals surface area contributed by atoms with Crippen molar-refractivity contribution in [3.63, 3.8) is 0 Å². The Morgan fingerprint density at radius 1 is 1.15 bits per heavy atom. The summed E-state index contributed by atoms with van der Waals surface area (Å²) in [5.74, 6) is 0.703. The fraction of sp³-hybridized carbons (Fsp3) is 0.250. The maximum Gasteiger partial charge on any atom is 0.270 e. The van der Waals surface area contributed by atoms with Crippen molar-refractivity contribution in [3.8, 4) is 16.9 Å². The first-order chi connectivity index (χ1) is 9.47. The topological polar surface area (TPSA) is 63.4 Å². The van der Waals surface area contributed by atoms with Gasteiger partial charge in [-0.15, -0.1) is 0 Å². The van der Waals surface area contributed by atoms with E-state index in [1.807, 2.05) is 12.1 Å². The highest BCUT2D eigenvalue weighted by molar-refractivity contribution is 5.68. The Balaban J connectivity index is 2.42. The first kappa shape index (κ1) is 14.1. The highest BCUT2D eigenvalue weighted by atomic mass is 16.6. The monoisotopic (exact) mass is 271 g/mol. The molecule has 20 heavy (non-hydrogen) atoms. The first-order valence-corrected chi connectivity index (χ1v) is 6.54. The van der Waals surface area contributed by atoms with Crippen LogP contribution in [-0.2, 0) is 6.42 Å². The summed E-state index contributed by atoms with van der Waals surface area (Å²) in [6, 6.07) is 11.8. The molecule has 104 valence electrons. The molecule has 2 aromatic rings. The molecule has 4 heteroatoms. The van der Waals surface area contributed by atoms with Crippen molar-refractivity contribution < 1.29 is 10.0 Å². The van der Waals surface area contributed by atoms with E-state index in [1.54, 1.807) is 24.3 Å². The van der Waals surface area contributed by atoms with Gasteiger partial charge in [-0.1, -0.05) is 32.0 Å². The summed E-state index contributed by atoms with van der Waals surface area (Å²) in [7, 11) is 0. The number of nitrogens with zero attached hydrogens (tertiary/aromatic N) is 1. The van der Waals surface area contributed by atoms with Crippen molar-refractivity contribution in [2.75, 3.05) is 0 Å². The number of hydrogen-bond donors (Lipinski definition) is 1. The Labute approximate surface area is 117 Å². The molecule has 1 N–H and O–H groups in total. The quantitative estimate of drug-likeness (QED) is 0.670. The molecule has 0 spiro atoms. The summed E-state index contributed by atoms with van der Waals surface area (Å²) >= 11 is 0. The number of benzene rings is 2. The lowest BCUT2D eigenvalue weighted by Crippen LogP contribution is -1.95. The lowest BCUT2D eigenvalue weighted by atomic mass is 9.97. The van der Waals surface area contributed by atoms with Crippen LogP contribution in [0.2, 0.25) is 0 Å². The van der Waals surface area contributed by atoms with Crippen molar-refractivity contribution in [1.82, 2.24) is 0 Å². The normalized spacial score (nSPS) is 10.8. The Hall–Kier alpha value is -2.36. The third-order valence-electron chi connectivity index (χ3n) is 3.10. The summed E-state index contributed by atoms with van der Waals surface area (Å²) in [6.07, 6.45) is 0.772. The first-order valence-electron chi connectivity index (χ1n) is 6.54. The number of nitro groups is 1. The molecule has 2 rings (SSSR count). The summed E-state index contributed by atoms with van der Waals surface area (Å²) in [4.78, 5) is 10.4. The second-order valence-electron chi connectivity index (χ2n) is 5.25. The average Bonchev–Trinajstić information content (AvgIpc) is 2.41. The van der Waals surface area contributed by atoms with E-state index < -0.39 is 4.92 Å². The van der Waals surface area contributed by atoms with Gasteiger partial charge in [0.2, 0.25) is 0 Å². The molecule has 4 nitrogen and oxygen atoms in total. The van der Waals surface area contributed by atoms with Crippen LogP contribution in [0.4, 0.5) is 5.69 Å². The lowest BCUT2D eigenvalue weighted by molar-refractivity contribution is -0.384.